The molecule has 0 N–H and O–H groups in total. The zero-order chi connectivity index (χ0) is 10.7. The monoisotopic (exact) mass is 199 g/mol. The third-order valence-corrected chi connectivity index (χ3v) is 2.12. The van der Waals surface area contributed by atoms with Crippen molar-refractivity contribution in [3.05, 3.63) is 59.7 Å². The topological polar surface area (TPSA) is 4.93 Å². The van der Waals surface area contributed by atoms with E-state index in [2.05, 4.69) is 11.8 Å². The predicted molar refractivity (Wildman–Crippen MR) is 57.8 cm³/mol. The van der Waals surface area contributed by atoms with E-state index in [0.717, 1.165) is 11.3 Å². The van der Waals surface area contributed by atoms with Gasteiger partial charge in [0.15, 0.2) is 0 Å². The second kappa shape index (κ2) is 4.02. The van der Waals surface area contributed by atoms with E-state index in [1.54, 1.807) is 12.1 Å². The molecule has 0 unspecified atom stereocenters. The van der Waals surface area contributed by atoms with Gasteiger partial charge in [-0.1, -0.05) is 5.92 Å². The van der Waals surface area contributed by atoms with E-state index < -0.39 is 0 Å². The van der Waals surface area contributed by atoms with Crippen LogP contribution < -0.4 is 0 Å². The van der Waals surface area contributed by atoms with Crippen LogP contribution in [0.2, 0.25) is 0 Å². The maximum Gasteiger partial charge on any atom is 0.123 e. The lowest BCUT2D eigenvalue weighted by Gasteiger charge is -1.92. The molecular weight excluding hydrogens is 189 g/mol. The Balaban J connectivity index is 2.26. The molecule has 1 heterocycles. The van der Waals surface area contributed by atoms with E-state index in [-0.39, 0.29) is 5.82 Å². The highest BCUT2D eigenvalue weighted by Crippen LogP contribution is 2.02. The molecule has 0 aliphatic carbocycles. The molecule has 0 saturated heterocycles. The van der Waals surface area contributed by atoms with E-state index in [4.69, 9.17) is 0 Å². The van der Waals surface area contributed by atoms with Crippen molar-refractivity contribution < 1.29 is 4.39 Å². The molecule has 2 heteroatoms. The minimum atomic E-state index is -0.237. The van der Waals surface area contributed by atoms with Gasteiger partial charge in [0.25, 0.3) is 0 Å². The highest BCUT2D eigenvalue weighted by atomic mass is 19.1. The SMILES string of the molecule is Cn1cccc1C#Cc1ccc(F)cc1. The fraction of sp³-hybridized carbons (Fsp3) is 0.0769. The largest absolute Gasteiger partial charge is 0.344 e. The van der Waals surface area contributed by atoms with Crippen LogP contribution in [0.3, 0.4) is 0 Å². The number of aryl methyl sites for hydroxylation is 1. The minimum Gasteiger partial charge on any atom is -0.344 e. The standard InChI is InChI=1S/C13H10FN/c1-15-10-2-3-13(15)9-6-11-4-7-12(14)8-5-11/h2-5,7-8,10H,1H3. The summed E-state index contributed by atoms with van der Waals surface area (Å²) >= 11 is 0. The van der Waals surface area contributed by atoms with Crippen LogP contribution in [0.5, 0.6) is 0 Å². The molecule has 0 atom stereocenters. The average Bonchev–Trinajstić information content (AvgIpc) is 2.63. The molecule has 0 bridgehead atoms. The van der Waals surface area contributed by atoms with Crippen LogP contribution in [0.4, 0.5) is 4.39 Å². The minimum absolute atomic E-state index is 0.237. The Kier molecular flexibility index (Phi) is 2.55. The lowest BCUT2D eigenvalue weighted by Crippen LogP contribution is -1.88. The fourth-order valence-electron chi connectivity index (χ4n) is 1.26. The van der Waals surface area contributed by atoms with Gasteiger partial charge in [-0.15, -0.1) is 0 Å². The quantitative estimate of drug-likeness (QED) is 0.575. The normalized spacial score (nSPS) is 9.47. The molecule has 0 aliphatic heterocycles. The molecule has 2 rings (SSSR count). The molecule has 2 aromatic rings. The summed E-state index contributed by atoms with van der Waals surface area (Å²) in [5, 5.41) is 0. The summed E-state index contributed by atoms with van der Waals surface area (Å²) in [7, 11) is 1.94. The van der Waals surface area contributed by atoms with Crippen molar-refractivity contribution in [3.63, 3.8) is 0 Å². The van der Waals surface area contributed by atoms with Gasteiger partial charge in [0.2, 0.25) is 0 Å². The average molecular weight is 199 g/mol. The fourth-order valence-corrected chi connectivity index (χ4v) is 1.26. The first-order valence-electron chi connectivity index (χ1n) is 4.64. The molecule has 0 fully saturated rings. The number of benzene rings is 1. The van der Waals surface area contributed by atoms with Crippen molar-refractivity contribution in [1.82, 2.24) is 4.57 Å². The highest BCUT2D eigenvalue weighted by Gasteiger charge is 1.91. The summed E-state index contributed by atoms with van der Waals surface area (Å²) in [6, 6.07) is 10.0. The van der Waals surface area contributed by atoms with Gasteiger partial charge >= 0.3 is 0 Å². The second-order valence-corrected chi connectivity index (χ2v) is 3.26. The Labute approximate surface area is 88.2 Å². The van der Waals surface area contributed by atoms with E-state index in [0.29, 0.717) is 0 Å². The van der Waals surface area contributed by atoms with Crippen LogP contribution in [-0.4, -0.2) is 4.57 Å². The number of aromatic nitrogens is 1. The van der Waals surface area contributed by atoms with Crippen LogP contribution in [-0.2, 0) is 7.05 Å². The first kappa shape index (κ1) is 9.54. The first-order chi connectivity index (χ1) is 7.25. The van der Waals surface area contributed by atoms with Crippen molar-refractivity contribution >= 4 is 0 Å². The van der Waals surface area contributed by atoms with E-state index in [1.165, 1.54) is 12.1 Å². The summed E-state index contributed by atoms with van der Waals surface area (Å²) < 4.78 is 14.6. The molecule has 0 amide bonds. The third-order valence-electron chi connectivity index (χ3n) is 2.12. The third kappa shape index (κ3) is 2.26. The van der Waals surface area contributed by atoms with Gasteiger partial charge in [0.05, 0.1) is 5.69 Å². The van der Waals surface area contributed by atoms with Crippen LogP contribution in [0, 0.1) is 17.7 Å². The Hall–Kier alpha value is -2.01. The smallest absolute Gasteiger partial charge is 0.123 e. The summed E-state index contributed by atoms with van der Waals surface area (Å²) in [4.78, 5) is 0. The molecule has 0 aliphatic rings. The summed E-state index contributed by atoms with van der Waals surface area (Å²) in [5.74, 6) is 5.76. The van der Waals surface area contributed by atoms with Crippen LogP contribution >= 0.6 is 0 Å². The zero-order valence-corrected chi connectivity index (χ0v) is 8.37. The van der Waals surface area contributed by atoms with Crippen molar-refractivity contribution in [3.8, 4) is 11.8 Å². The van der Waals surface area contributed by atoms with Crippen molar-refractivity contribution in [2.24, 2.45) is 7.05 Å². The van der Waals surface area contributed by atoms with Gasteiger partial charge in [-0.3, -0.25) is 0 Å². The van der Waals surface area contributed by atoms with Gasteiger partial charge in [0, 0.05) is 18.8 Å². The number of hydrogen-bond acceptors (Lipinski definition) is 0. The van der Waals surface area contributed by atoms with E-state index >= 15 is 0 Å². The van der Waals surface area contributed by atoms with Crippen LogP contribution in [0.15, 0.2) is 42.6 Å². The Morgan fingerprint density at radius 3 is 2.40 bits per heavy atom. The van der Waals surface area contributed by atoms with Gasteiger partial charge < -0.3 is 4.57 Å². The van der Waals surface area contributed by atoms with Crippen LogP contribution in [0.1, 0.15) is 11.3 Å². The van der Waals surface area contributed by atoms with Crippen LogP contribution in [0.25, 0.3) is 0 Å². The lowest BCUT2D eigenvalue weighted by atomic mass is 10.2. The lowest BCUT2D eigenvalue weighted by molar-refractivity contribution is 0.627. The molecule has 1 nitrogen and oxygen atoms in total. The maximum absolute atomic E-state index is 12.6. The molecule has 74 valence electrons. The predicted octanol–water partition coefficient (Wildman–Crippen LogP) is 2.56. The van der Waals surface area contributed by atoms with Gasteiger partial charge in [-0.2, -0.15) is 0 Å². The van der Waals surface area contributed by atoms with Crippen molar-refractivity contribution in [2.45, 2.75) is 0 Å². The summed E-state index contributed by atoms with van der Waals surface area (Å²) in [6.45, 7) is 0. The Morgan fingerprint density at radius 1 is 1.07 bits per heavy atom. The summed E-state index contributed by atoms with van der Waals surface area (Å²) in [5.41, 5.74) is 1.76. The molecule has 15 heavy (non-hydrogen) atoms. The Morgan fingerprint density at radius 2 is 1.80 bits per heavy atom. The number of rotatable bonds is 0. The molecule has 0 saturated carbocycles. The van der Waals surface area contributed by atoms with Gasteiger partial charge in [0.1, 0.15) is 5.82 Å². The van der Waals surface area contributed by atoms with Gasteiger partial charge in [-0.05, 0) is 42.3 Å². The van der Waals surface area contributed by atoms with Crippen molar-refractivity contribution in [1.29, 1.82) is 0 Å². The van der Waals surface area contributed by atoms with Gasteiger partial charge in [-0.25, -0.2) is 4.39 Å². The molecule has 1 aromatic carbocycles. The Bertz CT molecular complexity index is 511. The highest BCUT2D eigenvalue weighted by molar-refractivity contribution is 5.40. The second-order valence-electron chi connectivity index (χ2n) is 3.26. The molecule has 0 radical (unpaired) electrons. The molecule has 0 spiro atoms. The molecule has 1 aromatic heterocycles. The van der Waals surface area contributed by atoms with E-state index in [9.17, 15) is 4.39 Å². The molecular formula is C13H10FN. The first-order valence-corrected chi connectivity index (χ1v) is 4.64. The van der Waals surface area contributed by atoms with Crippen molar-refractivity contribution in [2.75, 3.05) is 0 Å². The van der Waals surface area contributed by atoms with E-state index in [1.807, 2.05) is 29.9 Å². The number of halogens is 1. The maximum atomic E-state index is 12.6. The number of nitrogens with zero attached hydrogens (tertiary/aromatic N) is 1. The summed E-state index contributed by atoms with van der Waals surface area (Å²) in [6.07, 6.45) is 1.94. The zero-order valence-electron chi connectivity index (χ0n) is 8.37. The number of hydrogen-bond donors (Lipinski definition) is 0.